The number of anilines is 1. The van der Waals surface area contributed by atoms with E-state index in [9.17, 15) is 10.2 Å². The summed E-state index contributed by atoms with van der Waals surface area (Å²) in [6.07, 6.45) is 3.56. The van der Waals surface area contributed by atoms with Gasteiger partial charge in [0.2, 0.25) is 0 Å². The van der Waals surface area contributed by atoms with Gasteiger partial charge in [0.15, 0.2) is 5.82 Å². The van der Waals surface area contributed by atoms with Gasteiger partial charge in [-0.3, -0.25) is 0 Å². The van der Waals surface area contributed by atoms with E-state index in [4.69, 9.17) is 0 Å². The summed E-state index contributed by atoms with van der Waals surface area (Å²) in [6, 6.07) is 11.7. The minimum atomic E-state index is -0.359. The molecule has 1 aromatic heterocycles. The molecule has 27 heavy (non-hydrogen) atoms. The first-order valence-corrected chi connectivity index (χ1v) is 9.55. The van der Waals surface area contributed by atoms with Crippen LogP contribution in [0.4, 0.5) is 5.82 Å². The molecule has 0 aliphatic heterocycles. The van der Waals surface area contributed by atoms with Crippen LogP contribution in [-0.4, -0.2) is 32.6 Å². The van der Waals surface area contributed by atoms with Crippen LogP contribution in [0.15, 0.2) is 36.4 Å². The number of aryl methyl sites for hydroxylation is 2. The van der Waals surface area contributed by atoms with Crippen molar-refractivity contribution in [1.82, 2.24) is 10.2 Å². The third-order valence-electron chi connectivity index (χ3n) is 5.43. The molecule has 3 N–H and O–H groups in total. The molecule has 5 nitrogen and oxygen atoms in total. The van der Waals surface area contributed by atoms with Crippen LogP contribution in [0.5, 0.6) is 5.75 Å². The van der Waals surface area contributed by atoms with Crippen molar-refractivity contribution in [2.45, 2.75) is 51.7 Å². The average molecular weight is 363 g/mol. The summed E-state index contributed by atoms with van der Waals surface area (Å²) < 4.78 is 0. The normalized spacial score (nSPS) is 20.0. The summed E-state index contributed by atoms with van der Waals surface area (Å²) in [5, 5.41) is 35.0. The highest BCUT2D eigenvalue weighted by Crippen LogP contribution is 2.37. The first-order chi connectivity index (χ1) is 13.0. The number of aromatic nitrogens is 2. The Labute approximate surface area is 159 Å². The third-order valence-corrected chi connectivity index (χ3v) is 5.43. The van der Waals surface area contributed by atoms with Crippen molar-refractivity contribution in [2.75, 3.05) is 5.32 Å². The molecule has 2 unspecified atom stereocenters. The van der Waals surface area contributed by atoms with Crippen molar-refractivity contribution in [1.29, 1.82) is 0 Å². The fraction of sp³-hybridized carbons (Fsp3) is 0.364. The molecule has 2 aromatic carbocycles. The number of aliphatic hydroxyl groups excluding tert-OH is 1. The van der Waals surface area contributed by atoms with Crippen LogP contribution in [-0.2, 0) is 0 Å². The summed E-state index contributed by atoms with van der Waals surface area (Å²) in [6.45, 7) is 3.94. The second-order valence-corrected chi connectivity index (χ2v) is 7.52. The summed E-state index contributed by atoms with van der Waals surface area (Å²) in [5.41, 5.74) is 3.37. The Balaban J connectivity index is 1.82. The van der Waals surface area contributed by atoms with Crippen LogP contribution < -0.4 is 5.32 Å². The first kappa shape index (κ1) is 17.7. The molecule has 1 aliphatic carbocycles. The van der Waals surface area contributed by atoms with Gasteiger partial charge < -0.3 is 15.5 Å². The highest BCUT2D eigenvalue weighted by atomic mass is 16.3. The van der Waals surface area contributed by atoms with E-state index in [0.717, 1.165) is 47.6 Å². The molecule has 1 aliphatic rings. The number of phenolic OH excluding ortho intramolecular Hbond substituents is 1. The topological polar surface area (TPSA) is 78.3 Å². The van der Waals surface area contributed by atoms with Gasteiger partial charge in [-0.15, -0.1) is 10.2 Å². The fourth-order valence-electron chi connectivity index (χ4n) is 4.10. The van der Waals surface area contributed by atoms with E-state index in [-0.39, 0.29) is 17.9 Å². The molecule has 0 spiro atoms. The second-order valence-electron chi connectivity index (χ2n) is 7.52. The lowest BCUT2D eigenvalue weighted by molar-refractivity contribution is 0.116. The molecular formula is C22H25N3O2. The van der Waals surface area contributed by atoms with Crippen LogP contribution in [0.25, 0.3) is 22.0 Å². The highest BCUT2D eigenvalue weighted by molar-refractivity contribution is 6.01. The zero-order valence-electron chi connectivity index (χ0n) is 15.7. The zero-order valence-corrected chi connectivity index (χ0v) is 15.7. The van der Waals surface area contributed by atoms with Gasteiger partial charge in [0.25, 0.3) is 0 Å². The van der Waals surface area contributed by atoms with Gasteiger partial charge in [0.1, 0.15) is 11.4 Å². The quantitative estimate of drug-likeness (QED) is 0.645. The van der Waals surface area contributed by atoms with Gasteiger partial charge in [0.05, 0.1) is 12.1 Å². The summed E-state index contributed by atoms with van der Waals surface area (Å²) in [5.74, 6) is 0.903. The molecule has 0 amide bonds. The Morgan fingerprint density at radius 1 is 1.00 bits per heavy atom. The van der Waals surface area contributed by atoms with Gasteiger partial charge in [0, 0.05) is 16.3 Å². The van der Waals surface area contributed by atoms with E-state index in [1.165, 1.54) is 0 Å². The predicted octanol–water partition coefficient (Wildman–Crippen LogP) is 4.33. The van der Waals surface area contributed by atoms with Crippen molar-refractivity contribution >= 4 is 16.6 Å². The summed E-state index contributed by atoms with van der Waals surface area (Å²) in [7, 11) is 0. The number of rotatable bonds is 3. The number of hydrogen-bond donors (Lipinski definition) is 3. The van der Waals surface area contributed by atoms with E-state index >= 15 is 0 Å². The average Bonchev–Trinajstić information content (AvgIpc) is 2.64. The molecule has 1 saturated carbocycles. The molecule has 4 rings (SSSR count). The Morgan fingerprint density at radius 2 is 1.74 bits per heavy atom. The van der Waals surface area contributed by atoms with Gasteiger partial charge in [-0.25, -0.2) is 0 Å². The smallest absolute Gasteiger partial charge is 0.156 e. The molecule has 0 saturated heterocycles. The lowest BCUT2D eigenvalue weighted by atomic mass is 9.92. The van der Waals surface area contributed by atoms with Crippen molar-refractivity contribution in [3.8, 4) is 17.0 Å². The van der Waals surface area contributed by atoms with Crippen LogP contribution >= 0.6 is 0 Å². The molecule has 5 heteroatoms. The van der Waals surface area contributed by atoms with E-state index in [2.05, 4.69) is 15.5 Å². The van der Waals surface area contributed by atoms with E-state index in [0.29, 0.717) is 17.1 Å². The monoisotopic (exact) mass is 363 g/mol. The van der Waals surface area contributed by atoms with Crippen LogP contribution in [0.2, 0.25) is 0 Å². The number of aromatic hydroxyl groups is 1. The number of phenols is 1. The Bertz CT molecular complexity index is 963. The second kappa shape index (κ2) is 7.16. The van der Waals surface area contributed by atoms with E-state index in [1.54, 1.807) is 6.07 Å². The molecule has 0 bridgehead atoms. The minimum Gasteiger partial charge on any atom is -0.507 e. The van der Waals surface area contributed by atoms with Gasteiger partial charge in [-0.05, 0) is 43.9 Å². The number of aliphatic hydroxyl groups is 1. The molecule has 1 heterocycles. The summed E-state index contributed by atoms with van der Waals surface area (Å²) in [4.78, 5) is 0. The minimum absolute atomic E-state index is 0.00294. The first-order valence-electron chi connectivity index (χ1n) is 9.55. The van der Waals surface area contributed by atoms with E-state index in [1.807, 2.05) is 44.2 Å². The fourth-order valence-corrected chi connectivity index (χ4v) is 4.10. The number of fused-ring (bicyclic) bond motifs is 1. The zero-order chi connectivity index (χ0) is 19.0. The number of benzene rings is 2. The number of hydrogen-bond acceptors (Lipinski definition) is 5. The van der Waals surface area contributed by atoms with Gasteiger partial charge in [-0.2, -0.15) is 0 Å². The maximum absolute atomic E-state index is 10.5. The maximum Gasteiger partial charge on any atom is 0.156 e. The number of nitrogens with zero attached hydrogens (tertiary/aromatic N) is 2. The van der Waals surface area contributed by atoms with Crippen molar-refractivity contribution in [3.63, 3.8) is 0 Å². The summed E-state index contributed by atoms with van der Waals surface area (Å²) >= 11 is 0. The number of nitrogens with one attached hydrogen (secondary N) is 1. The predicted molar refractivity (Wildman–Crippen MR) is 108 cm³/mol. The largest absolute Gasteiger partial charge is 0.507 e. The molecule has 2 atom stereocenters. The van der Waals surface area contributed by atoms with Crippen molar-refractivity contribution in [2.24, 2.45) is 0 Å². The third kappa shape index (κ3) is 3.35. The van der Waals surface area contributed by atoms with E-state index < -0.39 is 0 Å². The van der Waals surface area contributed by atoms with Crippen molar-refractivity contribution < 1.29 is 10.2 Å². The molecule has 140 valence electrons. The molecule has 3 aromatic rings. The maximum atomic E-state index is 10.5. The Morgan fingerprint density at radius 3 is 2.48 bits per heavy atom. The SMILES string of the molecule is Cc1cc(C)c(-c2nnc(NC3CCCCC3O)c3ccccc23)c(O)c1. The standard InChI is InChI=1S/C22H25N3O2/c1-13-11-14(2)20(19(27)12-13)21-15-7-3-4-8-16(15)22(25-24-21)23-17-9-5-6-10-18(17)26/h3-4,7-8,11-12,17-18,26-27H,5-6,9-10H2,1-2H3,(H,23,25). The van der Waals surface area contributed by atoms with Crippen LogP contribution in [0.3, 0.4) is 0 Å². The molecular weight excluding hydrogens is 338 g/mol. The highest BCUT2D eigenvalue weighted by Gasteiger charge is 2.24. The van der Waals surface area contributed by atoms with Gasteiger partial charge >= 0.3 is 0 Å². The lowest BCUT2D eigenvalue weighted by Crippen LogP contribution is -2.36. The lowest BCUT2D eigenvalue weighted by Gasteiger charge is -2.29. The Hall–Kier alpha value is -2.66. The van der Waals surface area contributed by atoms with Gasteiger partial charge in [-0.1, -0.05) is 43.2 Å². The van der Waals surface area contributed by atoms with Crippen LogP contribution in [0, 0.1) is 13.8 Å². The van der Waals surface area contributed by atoms with Crippen LogP contribution in [0.1, 0.15) is 36.8 Å². The molecule has 0 radical (unpaired) electrons. The Kier molecular flexibility index (Phi) is 4.70. The molecule has 1 fully saturated rings. The van der Waals surface area contributed by atoms with Crippen molar-refractivity contribution in [3.05, 3.63) is 47.5 Å².